The Balaban J connectivity index is 1.45. The van der Waals surface area contributed by atoms with Gasteiger partial charge in [0.25, 0.3) is 10.0 Å². The predicted molar refractivity (Wildman–Crippen MR) is 123 cm³/mol. The topological polar surface area (TPSA) is 77.5 Å². The van der Waals surface area contributed by atoms with E-state index in [9.17, 15) is 26.0 Å². The van der Waals surface area contributed by atoms with Gasteiger partial charge >= 0.3 is 6.18 Å². The first-order valence-electron chi connectivity index (χ1n) is 11.3. The van der Waals surface area contributed by atoms with Crippen LogP contribution in [0.5, 0.6) is 5.75 Å². The molecule has 2 heterocycles. The fourth-order valence-corrected chi connectivity index (χ4v) is 5.68. The normalized spacial score (nSPS) is 19.8. The number of hydrogen-bond acceptors (Lipinski definition) is 5. The Kier molecular flexibility index (Phi) is 6.37. The molecule has 5 rings (SSSR count). The molecule has 190 valence electrons. The lowest BCUT2D eigenvalue weighted by Gasteiger charge is -2.21. The summed E-state index contributed by atoms with van der Waals surface area (Å²) in [5.41, 5.74) is 1.42. The molecule has 2 aromatic carbocycles. The molecule has 2 aliphatic rings. The van der Waals surface area contributed by atoms with Gasteiger partial charge in [-0.1, -0.05) is 18.2 Å². The Labute approximate surface area is 205 Å². The molecule has 3 aromatic rings. The summed E-state index contributed by atoms with van der Waals surface area (Å²) in [7, 11) is -4.02. The number of aryl methyl sites for hydroxylation is 1. The number of anilines is 1. The van der Waals surface area contributed by atoms with Crippen molar-refractivity contribution >= 4 is 15.8 Å². The van der Waals surface area contributed by atoms with Crippen molar-refractivity contribution in [2.45, 2.75) is 42.4 Å². The first kappa shape index (κ1) is 24.5. The van der Waals surface area contributed by atoms with Crippen LogP contribution in [-0.4, -0.2) is 32.7 Å². The van der Waals surface area contributed by atoms with Crippen molar-refractivity contribution in [3.63, 3.8) is 0 Å². The first-order valence-corrected chi connectivity index (χ1v) is 12.8. The molecule has 1 N–H and O–H groups in total. The van der Waals surface area contributed by atoms with Crippen molar-refractivity contribution in [1.82, 2.24) is 4.98 Å². The lowest BCUT2D eigenvalue weighted by Crippen LogP contribution is -2.18. The maximum Gasteiger partial charge on any atom is 0.416 e. The molecule has 36 heavy (non-hydrogen) atoms. The van der Waals surface area contributed by atoms with Crippen LogP contribution in [0.4, 0.5) is 23.4 Å². The molecule has 1 aliphatic heterocycles. The van der Waals surface area contributed by atoms with Crippen molar-refractivity contribution in [2.24, 2.45) is 0 Å². The van der Waals surface area contributed by atoms with Gasteiger partial charge in [0.2, 0.25) is 5.95 Å². The van der Waals surface area contributed by atoms with Crippen LogP contribution in [0.25, 0.3) is 0 Å². The summed E-state index contributed by atoms with van der Waals surface area (Å²) in [6, 6.07) is 11.9. The smallest absolute Gasteiger partial charge is 0.416 e. The van der Waals surface area contributed by atoms with Crippen LogP contribution in [0, 0.1) is 5.95 Å². The molecule has 1 aromatic heterocycles. The summed E-state index contributed by atoms with van der Waals surface area (Å²) in [5, 5.41) is 0. The number of ether oxygens (including phenoxy) is 2. The molecule has 1 aliphatic carbocycles. The van der Waals surface area contributed by atoms with Crippen LogP contribution in [-0.2, 0) is 27.4 Å². The van der Waals surface area contributed by atoms with E-state index >= 15 is 0 Å². The highest BCUT2D eigenvalue weighted by molar-refractivity contribution is 7.92. The van der Waals surface area contributed by atoms with Gasteiger partial charge in [-0.2, -0.15) is 17.6 Å². The fraction of sp³-hybridized carbons (Fsp3) is 0.320. The Bertz CT molecular complexity index is 1390. The molecule has 0 spiro atoms. The lowest BCUT2D eigenvalue weighted by molar-refractivity contribution is -0.137. The van der Waals surface area contributed by atoms with Crippen LogP contribution < -0.4 is 9.46 Å². The van der Waals surface area contributed by atoms with Gasteiger partial charge in [-0.05, 0) is 60.4 Å². The molecule has 6 nitrogen and oxygen atoms in total. The Morgan fingerprint density at radius 3 is 2.56 bits per heavy atom. The summed E-state index contributed by atoms with van der Waals surface area (Å²) in [6.07, 6.45) is -3.13. The van der Waals surface area contributed by atoms with E-state index in [1.54, 1.807) is 6.07 Å². The number of nitrogens with one attached hydrogen (secondary N) is 1. The van der Waals surface area contributed by atoms with Gasteiger partial charge in [0, 0.05) is 17.9 Å². The van der Waals surface area contributed by atoms with Gasteiger partial charge < -0.3 is 9.47 Å². The van der Waals surface area contributed by atoms with E-state index in [1.807, 2.05) is 0 Å². The Hall–Kier alpha value is -3.18. The third-order valence-corrected chi connectivity index (χ3v) is 7.71. The van der Waals surface area contributed by atoms with Crippen LogP contribution in [0.15, 0.2) is 59.5 Å². The molecule has 2 atom stereocenters. The summed E-state index contributed by atoms with van der Waals surface area (Å²) in [6.45, 7) is 0.799. The number of alkyl halides is 3. The fourth-order valence-electron chi connectivity index (χ4n) is 4.63. The van der Waals surface area contributed by atoms with E-state index in [2.05, 4.69) is 9.71 Å². The Morgan fingerprint density at radius 1 is 1.03 bits per heavy atom. The highest BCUT2D eigenvalue weighted by atomic mass is 32.2. The molecule has 0 amide bonds. The second-order valence-corrected chi connectivity index (χ2v) is 10.4. The van der Waals surface area contributed by atoms with Crippen LogP contribution in [0.1, 0.15) is 41.0 Å². The molecule has 0 saturated carbocycles. The summed E-state index contributed by atoms with van der Waals surface area (Å²) < 4.78 is 92.7. The lowest BCUT2D eigenvalue weighted by atomic mass is 9.91. The van der Waals surface area contributed by atoms with E-state index in [0.717, 1.165) is 29.3 Å². The van der Waals surface area contributed by atoms with Crippen molar-refractivity contribution in [1.29, 1.82) is 0 Å². The maximum absolute atomic E-state index is 13.4. The predicted octanol–water partition coefficient (Wildman–Crippen LogP) is 5.29. The van der Waals surface area contributed by atoms with E-state index in [-0.39, 0.29) is 28.5 Å². The average Bonchev–Trinajstić information content (AvgIpc) is 3.48. The molecule has 1 saturated heterocycles. The number of rotatable bonds is 6. The molecular weight excluding hydrogens is 500 g/mol. The van der Waals surface area contributed by atoms with E-state index < -0.39 is 27.7 Å². The van der Waals surface area contributed by atoms with E-state index in [0.29, 0.717) is 38.0 Å². The third-order valence-electron chi connectivity index (χ3n) is 6.35. The summed E-state index contributed by atoms with van der Waals surface area (Å²) in [4.78, 5) is 3.51. The molecular formula is C25H22F4N2O4S. The minimum absolute atomic E-state index is 0.0139. The van der Waals surface area contributed by atoms with Gasteiger partial charge in [-0.15, -0.1) is 0 Å². The number of benzene rings is 2. The molecule has 11 heteroatoms. The molecule has 0 radical (unpaired) electrons. The molecule has 0 unspecified atom stereocenters. The molecule has 1 fully saturated rings. The third kappa shape index (κ3) is 5.03. The van der Waals surface area contributed by atoms with Gasteiger partial charge in [-0.3, -0.25) is 4.72 Å². The number of hydrogen-bond donors (Lipinski definition) is 1. The average molecular weight is 523 g/mol. The second-order valence-electron chi connectivity index (χ2n) is 8.76. The second kappa shape index (κ2) is 9.36. The van der Waals surface area contributed by atoms with Crippen molar-refractivity contribution in [3.05, 3.63) is 82.8 Å². The molecule has 0 bridgehead atoms. The van der Waals surface area contributed by atoms with E-state index in [1.165, 1.54) is 30.3 Å². The summed E-state index contributed by atoms with van der Waals surface area (Å²) in [5.74, 6) is -1.05. The van der Waals surface area contributed by atoms with Crippen LogP contribution in [0.3, 0.4) is 0 Å². The number of nitrogens with zero attached hydrogens (tertiary/aromatic N) is 1. The number of fused-ring (bicyclic) bond motifs is 1. The zero-order chi connectivity index (χ0) is 25.5. The van der Waals surface area contributed by atoms with Crippen molar-refractivity contribution in [3.8, 4) is 5.75 Å². The van der Waals surface area contributed by atoms with Crippen molar-refractivity contribution < 1.29 is 35.5 Å². The standard InChI is InChI=1S/C25H22F4N2O4S/c26-23-2-1-3-24(30-23)31-36(32,33)18-6-9-19-15(12-18)4-7-20(19)21-8-5-16(25(27,28)29)13-22(21)35-17-10-11-34-14-17/h1-3,5-6,8-9,12-13,17,20H,4,7,10-11,14H2,(H,30,31)/t17-,20+/m0/s1. The van der Waals surface area contributed by atoms with Gasteiger partial charge in [-0.25, -0.2) is 13.4 Å². The minimum atomic E-state index is -4.51. The van der Waals surface area contributed by atoms with Crippen molar-refractivity contribution in [2.75, 3.05) is 17.9 Å². The van der Waals surface area contributed by atoms with Gasteiger partial charge in [0.1, 0.15) is 17.7 Å². The van der Waals surface area contributed by atoms with Crippen LogP contribution in [0.2, 0.25) is 0 Å². The number of pyridine rings is 1. The SMILES string of the molecule is O=S(=O)(Nc1cccc(F)n1)c1ccc2c(c1)CC[C@H]2c1ccc(C(F)(F)F)cc1O[C@H]1CCOC1. The van der Waals surface area contributed by atoms with E-state index in [4.69, 9.17) is 9.47 Å². The number of sulfonamides is 1. The monoisotopic (exact) mass is 522 g/mol. The number of aromatic nitrogens is 1. The first-order chi connectivity index (χ1) is 17.1. The number of halogens is 4. The minimum Gasteiger partial charge on any atom is -0.488 e. The highest BCUT2D eigenvalue weighted by Gasteiger charge is 2.34. The highest BCUT2D eigenvalue weighted by Crippen LogP contribution is 2.44. The zero-order valence-electron chi connectivity index (χ0n) is 18.9. The Morgan fingerprint density at radius 2 is 1.83 bits per heavy atom. The van der Waals surface area contributed by atoms with Crippen LogP contribution >= 0.6 is 0 Å². The zero-order valence-corrected chi connectivity index (χ0v) is 19.7. The maximum atomic E-state index is 13.4. The largest absolute Gasteiger partial charge is 0.488 e. The van der Waals surface area contributed by atoms with Gasteiger partial charge in [0.05, 0.1) is 23.7 Å². The quantitative estimate of drug-likeness (QED) is 0.352. The van der Waals surface area contributed by atoms with Gasteiger partial charge in [0.15, 0.2) is 0 Å². The summed E-state index contributed by atoms with van der Waals surface area (Å²) >= 11 is 0.